The molecule has 0 amide bonds. The SMILES string of the molecule is CC(C)(c1noc(-c2cccc(F)c2)n1)N1CCNCC1. The maximum Gasteiger partial charge on any atom is 0.258 e. The fourth-order valence-corrected chi connectivity index (χ4v) is 2.58. The Hall–Kier alpha value is -1.79. The Morgan fingerprint density at radius 2 is 2.05 bits per heavy atom. The summed E-state index contributed by atoms with van der Waals surface area (Å²) in [5.74, 6) is 0.671. The second-order valence-corrected chi connectivity index (χ2v) is 5.73. The van der Waals surface area contributed by atoms with Crippen LogP contribution in [-0.2, 0) is 5.54 Å². The summed E-state index contributed by atoms with van der Waals surface area (Å²) in [6.45, 7) is 7.96. The third kappa shape index (κ3) is 2.82. The second-order valence-electron chi connectivity index (χ2n) is 5.73. The highest BCUT2D eigenvalue weighted by atomic mass is 19.1. The number of halogens is 1. The second kappa shape index (κ2) is 5.54. The summed E-state index contributed by atoms with van der Waals surface area (Å²) >= 11 is 0. The van der Waals surface area contributed by atoms with Crippen LogP contribution in [0.5, 0.6) is 0 Å². The van der Waals surface area contributed by atoms with E-state index in [0.717, 1.165) is 26.2 Å². The van der Waals surface area contributed by atoms with Crippen molar-refractivity contribution in [2.75, 3.05) is 26.2 Å². The first kappa shape index (κ1) is 14.2. The van der Waals surface area contributed by atoms with Crippen LogP contribution in [0, 0.1) is 5.82 Å². The highest BCUT2D eigenvalue weighted by Crippen LogP contribution is 2.28. The number of piperazine rings is 1. The largest absolute Gasteiger partial charge is 0.334 e. The van der Waals surface area contributed by atoms with E-state index >= 15 is 0 Å². The van der Waals surface area contributed by atoms with Gasteiger partial charge in [0.1, 0.15) is 5.82 Å². The Bertz CT molecular complexity index is 620. The summed E-state index contributed by atoms with van der Waals surface area (Å²) in [6, 6.07) is 6.19. The van der Waals surface area contributed by atoms with Crippen LogP contribution in [0.25, 0.3) is 11.5 Å². The van der Waals surface area contributed by atoms with Crippen LogP contribution in [-0.4, -0.2) is 41.2 Å². The topological polar surface area (TPSA) is 54.2 Å². The normalized spacial score (nSPS) is 17.1. The number of hydrogen-bond acceptors (Lipinski definition) is 5. The number of benzene rings is 1. The van der Waals surface area contributed by atoms with Crippen LogP contribution < -0.4 is 5.32 Å². The molecule has 1 saturated heterocycles. The Balaban J connectivity index is 1.86. The van der Waals surface area contributed by atoms with Crippen LogP contribution in [0.15, 0.2) is 28.8 Å². The van der Waals surface area contributed by atoms with Crippen molar-refractivity contribution >= 4 is 0 Å². The van der Waals surface area contributed by atoms with Crippen molar-refractivity contribution in [1.29, 1.82) is 0 Å². The van der Waals surface area contributed by atoms with Crippen molar-refractivity contribution in [1.82, 2.24) is 20.4 Å². The van der Waals surface area contributed by atoms with Gasteiger partial charge in [0.25, 0.3) is 5.89 Å². The number of nitrogens with zero attached hydrogens (tertiary/aromatic N) is 3. The van der Waals surface area contributed by atoms with Gasteiger partial charge in [-0.25, -0.2) is 4.39 Å². The fraction of sp³-hybridized carbons (Fsp3) is 0.467. The molecule has 0 unspecified atom stereocenters. The maximum atomic E-state index is 13.3. The Labute approximate surface area is 123 Å². The number of nitrogens with one attached hydrogen (secondary N) is 1. The molecule has 3 rings (SSSR count). The van der Waals surface area contributed by atoms with Gasteiger partial charge in [0.2, 0.25) is 0 Å². The summed E-state index contributed by atoms with van der Waals surface area (Å²) < 4.78 is 18.6. The van der Waals surface area contributed by atoms with Crippen LogP contribution >= 0.6 is 0 Å². The zero-order valence-electron chi connectivity index (χ0n) is 12.3. The minimum Gasteiger partial charge on any atom is -0.334 e. The van der Waals surface area contributed by atoms with E-state index in [2.05, 4.69) is 34.2 Å². The van der Waals surface area contributed by atoms with Gasteiger partial charge >= 0.3 is 0 Å². The number of aromatic nitrogens is 2. The molecule has 0 aliphatic carbocycles. The molecule has 112 valence electrons. The Kier molecular flexibility index (Phi) is 3.73. The lowest BCUT2D eigenvalue weighted by Gasteiger charge is -2.38. The van der Waals surface area contributed by atoms with Gasteiger partial charge in [0.15, 0.2) is 5.82 Å². The van der Waals surface area contributed by atoms with Gasteiger partial charge in [-0.1, -0.05) is 11.2 Å². The van der Waals surface area contributed by atoms with E-state index in [0.29, 0.717) is 17.3 Å². The summed E-state index contributed by atoms with van der Waals surface area (Å²) in [5, 5.41) is 7.43. The first-order valence-electron chi connectivity index (χ1n) is 7.13. The number of hydrogen-bond donors (Lipinski definition) is 1. The summed E-state index contributed by atoms with van der Waals surface area (Å²) in [5.41, 5.74) is 0.293. The van der Waals surface area contributed by atoms with Crippen molar-refractivity contribution in [3.63, 3.8) is 0 Å². The molecule has 1 N–H and O–H groups in total. The molecule has 0 spiro atoms. The third-order valence-electron chi connectivity index (χ3n) is 3.95. The lowest BCUT2D eigenvalue weighted by molar-refractivity contribution is 0.0925. The van der Waals surface area contributed by atoms with E-state index in [-0.39, 0.29) is 11.4 Å². The summed E-state index contributed by atoms with van der Waals surface area (Å²) in [7, 11) is 0. The van der Waals surface area contributed by atoms with E-state index < -0.39 is 0 Å². The lowest BCUT2D eigenvalue weighted by atomic mass is 10.0. The molecule has 1 fully saturated rings. The smallest absolute Gasteiger partial charge is 0.258 e. The molecule has 6 heteroatoms. The zero-order valence-corrected chi connectivity index (χ0v) is 12.3. The van der Waals surface area contributed by atoms with E-state index in [1.54, 1.807) is 12.1 Å². The van der Waals surface area contributed by atoms with Gasteiger partial charge < -0.3 is 9.84 Å². The molecule has 5 nitrogen and oxygen atoms in total. The molecule has 0 atom stereocenters. The highest BCUT2D eigenvalue weighted by molar-refractivity contribution is 5.52. The van der Waals surface area contributed by atoms with Crippen molar-refractivity contribution in [2.45, 2.75) is 19.4 Å². The quantitative estimate of drug-likeness (QED) is 0.937. The van der Waals surface area contributed by atoms with Gasteiger partial charge in [-0.3, -0.25) is 4.90 Å². The molecule has 2 aromatic rings. The van der Waals surface area contributed by atoms with Gasteiger partial charge in [0, 0.05) is 31.7 Å². The molecule has 1 aromatic heterocycles. The molecule has 1 aliphatic rings. The van der Waals surface area contributed by atoms with Crippen molar-refractivity contribution < 1.29 is 8.91 Å². The van der Waals surface area contributed by atoms with Crippen LogP contribution in [0.4, 0.5) is 4.39 Å². The standard InChI is InChI=1S/C15H19FN4O/c1-15(2,20-8-6-17-7-9-20)14-18-13(21-19-14)11-4-3-5-12(16)10-11/h3-5,10,17H,6-9H2,1-2H3. The average molecular weight is 290 g/mol. The van der Waals surface area contributed by atoms with Crippen molar-refractivity contribution in [3.8, 4) is 11.5 Å². The predicted octanol–water partition coefficient (Wildman–Crippen LogP) is 2.02. The summed E-state index contributed by atoms with van der Waals surface area (Å²) in [6.07, 6.45) is 0. The third-order valence-corrected chi connectivity index (χ3v) is 3.95. The van der Waals surface area contributed by atoms with Crippen molar-refractivity contribution in [2.24, 2.45) is 0 Å². The van der Waals surface area contributed by atoms with E-state index in [4.69, 9.17) is 4.52 Å². The molecular weight excluding hydrogens is 271 g/mol. The van der Waals surface area contributed by atoms with E-state index in [9.17, 15) is 4.39 Å². The molecule has 1 aromatic carbocycles. The van der Waals surface area contributed by atoms with Gasteiger partial charge in [0.05, 0.1) is 5.54 Å². The van der Waals surface area contributed by atoms with Gasteiger partial charge in [-0.15, -0.1) is 0 Å². The molecule has 0 saturated carbocycles. The molecule has 21 heavy (non-hydrogen) atoms. The molecule has 2 heterocycles. The van der Waals surface area contributed by atoms with Crippen LogP contribution in [0.1, 0.15) is 19.7 Å². The molecular formula is C15H19FN4O. The van der Waals surface area contributed by atoms with Crippen LogP contribution in [0.3, 0.4) is 0 Å². The minimum absolute atomic E-state index is 0.308. The predicted molar refractivity (Wildman–Crippen MR) is 77.2 cm³/mol. The van der Waals surface area contributed by atoms with E-state index in [1.165, 1.54) is 12.1 Å². The Morgan fingerprint density at radius 3 is 2.76 bits per heavy atom. The molecule has 1 aliphatic heterocycles. The van der Waals surface area contributed by atoms with E-state index in [1.807, 2.05) is 0 Å². The first-order chi connectivity index (χ1) is 10.1. The zero-order chi connectivity index (χ0) is 14.9. The minimum atomic E-state index is -0.311. The Morgan fingerprint density at radius 1 is 1.29 bits per heavy atom. The van der Waals surface area contributed by atoms with Crippen molar-refractivity contribution in [3.05, 3.63) is 35.9 Å². The van der Waals surface area contributed by atoms with Gasteiger partial charge in [-0.2, -0.15) is 4.98 Å². The fourth-order valence-electron chi connectivity index (χ4n) is 2.58. The number of rotatable bonds is 3. The monoisotopic (exact) mass is 290 g/mol. The molecule has 0 bridgehead atoms. The highest BCUT2D eigenvalue weighted by Gasteiger charge is 2.34. The van der Waals surface area contributed by atoms with Gasteiger partial charge in [-0.05, 0) is 32.0 Å². The van der Waals surface area contributed by atoms with Crippen LogP contribution in [0.2, 0.25) is 0 Å². The molecule has 0 radical (unpaired) electrons. The average Bonchev–Trinajstić information content (AvgIpc) is 2.99. The lowest BCUT2D eigenvalue weighted by Crippen LogP contribution is -2.52. The first-order valence-corrected chi connectivity index (χ1v) is 7.13. The maximum absolute atomic E-state index is 13.3. The summed E-state index contributed by atoms with van der Waals surface area (Å²) in [4.78, 5) is 6.79.